The van der Waals surface area contributed by atoms with Crippen molar-refractivity contribution in [2.24, 2.45) is 0 Å². The molecule has 7 radical (unpaired) electrons. The first-order valence-corrected chi connectivity index (χ1v) is 14.1. The van der Waals surface area contributed by atoms with E-state index in [9.17, 15) is 21.6 Å². The molecular weight excluding hydrogens is 674 g/mol. The molecule has 2 atom stereocenters. The summed E-state index contributed by atoms with van der Waals surface area (Å²) in [5.74, 6) is 2.16. The molecular formula is C31H29ClF3N2O3RuS. The maximum atomic E-state index is 13.7. The molecule has 0 amide bonds. The molecule has 0 N–H and O–H groups in total. The van der Waals surface area contributed by atoms with Crippen LogP contribution < -0.4 is 12.4 Å². The molecule has 3 aromatic carbocycles. The van der Waals surface area contributed by atoms with Gasteiger partial charge in [0.1, 0.15) is 10.0 Å². The SMILES string of the molecule is C[C]1[CH][CH][C](COCC[N-][C@H](c2ccccc2)[C@H]([N-]S(=O)(=O)c2ccccc2C(F)(F)F)c2ccccc2)[CH][CH]1.[Cl-].[Ru+3]. The molecule has 11 heteroatoms. The first kappa shape index (κ1) is 36.4. The monoisotopic (exact) mass is 703 g/mol. The minimum absolute atomic E-state index is 0. The Kier molecular flexibility index (Phi) is 14.6. The van der Waals surface area contributed by atoms with Gasteiger partial charge in [-0.1, -0.05) is 90.8 Å². The fraction of sp³-hybridized carbons (Fsp3) is 0.226. The fourth-order valence-electron chi connectivity index (χ4n) is 4.25. The topological polar surface area (TPSA) is 71.6 Å². The van der Waals surface area contributed by atoms with Crippen molar-refractivity contribution < 1.29 is 58.2 Å². The van der Waals surface area contributed by atoms with E-state index in [2.05, 4.69) is 4.72 Å². The quantitative estimate of drug-likeness (QED) is 0.204. The number of benzene rings is 3. The summed E-state index contributed by atoms with van der Waals surface area (Å²) in [4.78, 5) is -0.892. The Morgan fingerprint density at radius 1 is 0.786 bits per heavy atom. The van der Waals surface area contributed by atoms with Gasteiger partial charge in [0.25, 0.3) is 0 Å². The van der Waals surface area contributed by atoms with Crippen LogP contribution in [0.2, 0.25) is 0 Å². The largest absolute Gasteiger partial charge is 3.00 e. The van der Waals surface area contributed by atoms with Gasteiger partial charge in [-0.25, -0.2) is 8.42 Å². The predicted molar refractivity (Wildman–Crippen MR) is 149 cm³/mol. The Morgan fingerprint density at radius 3 is 1.88 bits per heavy atom. The summed E-state index contributed by atoms with van der Waals surface area (Å²) >= 11 is 0. The van der Waals surface area contributed by atoms with E-state index in [-0.39, 0.29) is 45.0 Å². The predicted octanol–water partition coefficient (Wildman–Crippen LogP) is 4.64. The smallest absolute Gasteiger partial charge is 1.00 e. The minimum Gasteiger partial charge on any atom is -1.00 e. The van der Waals surface area contributed by atoms with Gasteiger partial charge in [0, 0.05) is 12.5 Å². The molecule has 0 saturated heterocycles. The molecule has 0 spiro atoms. The maximum absolute atomic E-state index is 13.7. The van der Waals surface area contributed by atoms with Gasteiger partial charge in [0.2, 0.25) is 0 Å². The minimum atomic E-state index is -4.86. The molecule has 42 heavy (non-hydrogen) atoms. The Bertz CT molecular complexity index is 1310. The van der Waals surface area contributed by atoms with Crippen molar-refractivity contribution >= 4 is 10.0 Å². The zero-order valence-electron chi connectivity index (χ0n) is 22.6. The summed E-state index contributed by atoms with van der Waals surface area (Å²) in [6.07, 6.45) is 3.09. The second-order valence-corrected chi connectivity index (χ2v) is 10.8. The molecule has 0 aliphatic heterocycles. The Labute approximate surface area is 266 Å². The molecule has 4 rings (SSSR count). The van der Waals surface area contributed by atoms with Crippen molar-refractivity contribution in [3.05, 3.63) is 149 Å². The Balaban J connectivity index is 0.00000308. The van der Waals surface area contributed by atoms with Crippen LogP contribution in [0.15, 0.2) is 89.8 Å². The van der Waals surface area contributed by atoms with Crippen molar-refractivity contribution in [1.29, 1.82) is 0 Å². The van der Waals surface area contributed by atoms with Gasteiger partial charge >= 0.3 is 25.7 Å². The van der Waals surface area contributed by atoms with Crippen LogP contribution in [-0.4, -0.2) is 28.2 Å². The van der Waals surface area contributed by atoms with E-state index in [4.69, 9.17) is 10.1 Å². The standard InChI is InChI=1S/C31H29F3N2O3S.ClH.Ru/c1-23-16-18-24(19-17-23)22-39-21-20-35-29(25-10-4-2-5-11-25)30(26-12-6-3-7-13-26)36-40(37,38)28-15-9-8-14-27(28)31(32,33)34;;/h2-19,29-30H,20-22H2,1H3;1H;/q-2;;+3/p-1/t29-,30-;;/m1../s1. The van der Waals surface area contributed by atoms with Crippen LogP contribution in [0.4, 0.5) is 13.2 Å². The molecule has 3 aromatic rings. The summed E-state index contributed by atoms with van der Waals surface area (Å²) in [5, 5.41) is 4.76. The van der Waals surface area contributed by atoms with Crippen LogP contribution in [0, 0.1) is 37.5 Å². The molecule has 1 aliphatic rings. The molecule has 0 aromatic heterocycles. The van der Waals surface area contributed by atoms with Crippen LogP contribution in [0.1, 0.15) is 35.7 Å². The number of ether oxygens (including phenoxy) is 1. The van der Waals surface area contributed by atoms with Gasteiger partial charge in [0.05, 0.1) is 17.1 Å². The molecule has 0 unspecified atom stereocenters. The molecule has 223 valence electrons. The van der Waals surface area contributed by atoms with Crippen molar-refractivity contribution in [2.45, 2.75) is 30.1 Å². The number of sulfonamides is 1. The third kappa shape index (κ3) is 10.1. The third-order valence-electron chi connectivity index (χ3n) is 6.25. The van der Waals surface area contributed by atoms with E-state index in [1.807, 2.05) is 38.7 Å². The molecule has 0 heterocycles. The van der Waals surface area contributed by atoms with E-state index in [1.165, 1.54) is 6.07 Å². The van der Waals surface area contributed by atoms with Gasteiger partial charge in [-0.2, -0.15) is 13.2 Å². The number of rotatable bonds is 12. The van der Waals surface area contributed by atoms with Crippen LogP contribution in [0.5, 0.6) is 0 Å². The summed E-state index contributed by atoms with van der Waals surface area (Å²) in [7, 11) is -4.74. The van der Waals surface area contributed by atoms with E-state index in [0.717, 1.165) is 30.0 Å². The zero-order valence-corrected chi connectivity index (χ0v) is 25.9. The van der Waals surface area contributed by atoms with Crippen molar-refractivity contribution in [2.75, 3.05) is 19.8 Å². The van der Waals surface area contributed by atoms with Crippen molar-refractivity contribution in [3.63, 3.8) is 0 Å². The second-order valence-electron chi connectivity index (χ2n) is 9.23. The van der Waals surface area contributed by atoms with Gasteiger partial charge in [-0.15, -0.1) is 18.6 Å². The van der Waals surface area contributed by atoms with Crippen LogP contribution in [-0.2, 0) is 40.4 Å². The van der Waals surface area contributed by atoms with E-state index >= 15 is 0 Å². The van der Waals surface area contributed by atoms with Crippen LogP contribution in [0.25, 0.3) is 10.0 Å². The molecule has 1 aliphatic carbocycles. The zero-order chi connectivity index (χ0) is 28.6. The van der Waals surface area contributed by atoms with Crippen LogP contribution in [0.3, 0.4) is 0 Å². The van der Waals surface area contributed by atoms with Crippen LogP contribution >= 0.6 is 0 Å². The normalized spacial score (nSPS) is 16.2. The maximum Gasteiger partial charge on any atom is 3.00 e. The molecule has 1 saturated carbocycles. The first-order valence-electron chi connectivity index (χ1n) is 12.7. The summed E-state index contributed by atoms with van der Waals surface area (Å²) in [5.41, 5.74) is -0.0741. The van der Waals surface area contributed by atoms with Crippen molar-refractivity contribution in [1.82, 2.24) is 0 Å². The average Bonchev–Trinajstić information content (AvgIpc) is 2.95. The number of alkyl halides is 3. The number of hydrogen-bond acceptors (Lipinski definition) is 3. The molecule has 1 fully saturated rings. The summed E-state index contributed by atoms with van der Waals surface area (Å²) in [6, 6.07) is 19.8. The van der Waals surface area contributed by atoms with Gasteiger partial charge in [-0.05, 0) is 43.7 Å². The summed E-state index contributed by atoms with van der Waals surface area (Å²) < 4.78 is 77.9. The summed E-state index contributed by atoms with van der Waals surface area (Å²) in [6.45, 7) is 2.89. The fourth-order valence-corrected chi connectivity index (χ4v) is 5.61. The van der Waals surface area contributed by atoms with Gasteiger partial charge in [0.15, 0.2) is 0 Å². The second kappa shape index (κ2) is 16.9. The van der Waals surface area contributed by atoms with Gasteiger partial charge in [-0.3, -0.25) is 0 Å². The first-order chi connectivity index (χ1) is 19.1. The molecule has 5 nitrogen and oxygen atoms in total. The number of halogens is 4. The van der Waals surface area contributed by atoms with E-state index in [1.54, 1.807) is 54.6 Å². The third-order valence-corrected chi connectivity index (χ3v) is 7.67. The average molecular weight is 703 g/mol. The van der Waals surface area contributed by atoms with E-state index in [0.29, 0.717) is 17.7 Å². The van der Waals surface area contributed by atoms with Crippen molar-refractivity contribution in [3.8, 4) is 0 Å². The molecule has 0 bridgehead atoms. The number of nitrogens with zero attached hydrogens (tertiary/aromatic N) is 2. The Hall–Kier alpha value is -1.81. The van der Waals surface area contributed by atoms with Gasteiger partial charge < -0.3 is 27.2 Å². The Morgan fingerprint density at radius 2 is 1.31 bits per heavy atom. The number of hydrogen-bond donors (Lipinski definition) is 0. The van der Waals surface area contributed by atoms with E-state index < -0.39 is 38.7 Å².